The normalized spacial score (nSPS) is 15.8. The summed E-state index contributed by atoms with van der Waals surface area (Å²) in [6.45, 7) is -0.00968. The van der Waals surface area contributed by atoms with Crippen LogP contribution in [0, 0.1) is 0 Å². The molecule has 0 spiro atoms. The number of anilines is 1. The van der Waals surface area contributed by atoms with Crippen LogP contribution < -0.4 is 10.6 Å². The van der Waals surface area contributed by atoms with Gasteiger partial charge in [0.15, 0.2) is 5.69 Å². The number of carbonyl (C=O) groups excluding carboxylic acids is 1. The van der Waals surface area contributed by atoms with Crippen LogP contribution in [-0.2, 0) is 4.79 Å². The standard InChI is InChI=1S/C11H15N3O4/c12-9(15)5-14(7-3-1-2-4-7)11-13-8(6-18-11)10(16)17/h6-7H,1-5H2,(H2,12,15)(H,16,17). The Morgan fingerprint density at radius 3 is 2.67 bits per heavy atom. The van der Waals surface area contributed by atoms with E-state index in [0.717, 1.165) is 31.9 Å². The van der Waals surface area contributed by atoms with Gasteiger partial charge in [0.05, 0.1) is 0 Å². The van der Waals surface area contributed by atoms with E-state index in [1.807, 2.05) is 0 Å². The van der Waals surface area contributed by atoms with Crippen LogP contribution in [0.1, 0.15) is 36.2 Å². The Morgan fingerprint density at radius 2 is 2.17 bits per heavy atom. The minimum Gasteiger partial charge on any atom is -0.476 e. The number of rotatable bonds is 5. The lowest BCUT2D eigenvalue weighted by atomic mass is 10.2. The number of nitrogens with zero attached hydrogens (tertiary/aromatic N) is 2. The van der Waals surface area contributed by atoms with Gasteiger partial charge >= 0.3 is 5.97 Å². The van der Waals surface area contributed by atoms with E-state index in [4.69, 9.17) is 15.3 Å². The Kier molecular flexibility index (Phi) is 3.50. The molecule has 0 bridgehead atoms. The van der Waals surface area contributed by atoms with Gasteiger partial charge in [0, 0.05) is 6.04 Å². The van der Waals surface area contributed by atoms with E-state index in [-0.39, 0.29) is 24.3 Å². The molecule has 1 aliphatic carbocycles. The van der Waals surface area contributed by atoms with Crippen LogP contribution >= 0.6 is 0 Å². The predicted molar refractivity (Wildman–Crippen MR) is 62.3 cm³/mol. The van der Waals surface area contributed by atoms with Gasteiger partial charge in [-0.15, -0.1) is 0 Å². The van der Waals surface area contributed by atoms with Crippen LogP contribution in [0.2, 0.25) is 0 Å². The second kappa shape index (κ2) is 5.07. The first-order valence-corrected chi connectivity index (χ1v) is 5.81. The molecule has 1 aromatic rings. The van der Waals surface area contributed by atoms with Crippen LogP contribution in [0.15, 0.2) is 10.7 Å². The molecular weight excluding hydrogens is 238 g/mol. The third-order valence-corrected chi connectivity index (χ3v) is 3.05. The lowest BCUT2D eigenvalue weighted by Gasteiger charge is -2.25. The van der Waals surface area contributed by atoms with Crippen LogP contribution in [0.5, 0.6) is 0 Å². The highest BCUT2D eigenvalue weighted by Gasteiger charge is 2.28. The summed E-state index contributed by atoms with van der Waals surface area (Å²) in [5, 5.41) is 8.79. The molecule has 7 nitrogen and oxygen atoms in total. The molecule has 1 aromatic heterocycles. The number of carboxylic acids is 1. The van der Waals surface area contributed by atoms with Crippen molar-refractivity contribution in [1.82, 2.24) is 4.98 Å². The van der Waals surface area contributed by atoms with Crippen molar-refractivity contribution in [2.45, 2.75) is 31.7 Å². The zero-order chi connectivity index (χ0) is 13.1. The minimum atomic E-state index is -1.16. The summed E-state index contributed by atoms with van der Waals surface area (Å²) in [6.07, 6.45) is 5.08. The number of primary amides is 1. The summed E-state index contributed by atoms with van der Waals surface area (Å²) in [4.78, 5) is 27.3. The number of hydrogen-bond acceptors (Lipinski definition) is 5. The van der Waals surface area contributed by atoms with Gasteiger partial charge < -0.3 is 20.2 Å². The fraction of sp³-hybridized carbons (Fsp3) is 0.545. The Balaban J connectivity index is 2.20. The zero-order valence-electron chi connectivity index (χ0n) is 9.83. The largest absolute Gasteiger partial charge is 0.476 e. The SMILES string of the molecule is NC(=O)CN(c1nc(C(=O)O)co1)C1CCCC1. The molecule has 1 amide bonds. The summed E-state index contributed by atoms with van der Waals surface area (Å²) < 4.78 is 5.13. The number of aromatic carboxylic acids is 1. The second-order valence-electron chi connectivity index (χ2n) is 4.35. The Hall–Kier alpha value is -2.05. The topological polar surface area (TPSA) is 110 Å². The first-order chi connectivity index (χ1) is 8.58. The fourth-order valence-corrected chi connectivity index (χ4v) is 2.23. The highest BCUT2D eigenvalue weighted by Crippen LogP contribution is 2.27. The van der Waals surface area contributed by atoms with Gasteiger partial charge in [0.2, 0.25) is 5.91 Å². The molecule has 98 valence electrons. The molecule has 0 aliphatic heterocycles. The van der Waals surface area contributed by atoms with E-state index in [2.05, 4.69) is 4.98 Å². The number of aromatic nitrogens is 1. The van der Waals surface area contributed by atoms with E-state index in [1.165, 1.54) is 0 Å². The maximum absolute atomic E-state index is 11.1. The molecule has 0 aromatic carbocycles. The summed E-state index contributed by atoms with van der Waals surface area (Å²) in [5.74, 6) is -1.65. The molecule has 18 heavy (non-hydrogen) atoms. The van der Waals surface area contributed by atoms with Crippen molar-refractivity contribution in [2.24, 2.45) is 5.73 Å². The van der Waals surface area contributed by atoms with Gasteiger partial charge in [-0.2, -0.15) is 4.98 Å². The lowest BCUT2D eigenvalue weighted by molar-refractivity contribution is -0.116. The minimum absolute atomic E-state index is 0.00968. The Labute approximate surface area is 104 Å². The average molecular weight is 253 g/mol. The van der Waals surface area contributed by atoms with Crippen molar-refractivity contribution in [3.05, 3.63) is 12.0 Å². The van der Waals surface area contributed by atoms with Gasteiger partial charge in [-0.05, 0) is 12.8 Å². The van der Waals surface area contributed by atoms with Crippen LogP contribution in [0.4, 0.5) is 6.01 Å². The number of carbonyl (C=O) groups is 2. The molecular formula is C11H15N3O4. The monoisotopic (exact) mass is 253 g/mol. The molecule has 2 rings (SSSR count). The maximum Gasteiger partial charge on any atom is 0.357 e. The van der Waals surface area contributed by atoms with E-state index in [1.54, 1.807) is 4.90 Å². The second-order valence-corrected chi connectivity index (χ2v) is 4.35. The first-order valence-electron chi connectivity index (χ1n) is 5.81. The number of oxazole rings is 1. The van der Waals surface area contributed by atoms with Crippen LogP contribution in [0.3, 0.4) is 0 Å². The van der Waals surface area contributed by atoms with Gasteiger partial charge in [0.25, 0.3) is 6.01 Å². The highest BCUT2D eigenvalue weighted by molar-refractivity contribution is 5.85. The van der Waals surface area contributed by atoms with Crippen molar-refractivity contribution in [3.63, 3.8) is 0 Å². The molecule has 1 saturated carbocycles. The van der Waals surface area contributed by atoms with Crippen molar-refractivity contribution in [2.75, 3.05) is 11.4 Å². The molecule has 0 radical (unpaired) electrons. The van der Waals surface area contributed by atoms with Gasteiger partial charge in [-0.25, -0.2) is 4.79 Å². The molecule has 3 N–H and O–H groups in total. The number of amides is 1. The van der Waals surface area contributed by atoms with Crippen molar-refractivity contribution in [3.8, 4) is 0 Å². The molecule has 0 saturated heterocycles. The van der Waals surface area contributed by atoms with Crippen molar-refractivity contribution >= 4 is 17.9 Å². The Morgan fingerprint density at radius 1 is 1.50 bits per heavy atom. The van der Waals surface area contributed by atoms with Crippen molar-refractivity contribution < 1.29 is 19.1 Å². The number of nitrogens with two attached hydrogens (primary N) is 1. The molecule has 0 atom stereocenters. The summed E-state index contributed by atoms with van der Waals surface area (Å²) in [5.41, 5.74) is 5.03. The van der Waals surface area contributed by atoms with E-state index in [0.29, 0.717) is 0 Å². The fourth-order valence-electron chi connectivity index (χ4n) is 2.23. The molecule has 1 fully saturated rings. The third kappa shape index (κ3) is 2.61. The quantitative estimate of drug-likeness (QED) is 0.795. The van der Waals surface area contributed by atoms with Crippen LogP contribution in [0.25, 0.3) is 0 Å². The number of carboxylic acid groups (broad SMARTS) is 1. The third-order valence-electron chi connectivity index (χ3n) is 3.05. The maximum atomic E-state index is 11.1. The summed E-state index contributed by atoms with van der Waals surface area (Å²) in [6, 6.07) is 0.288. The Bertz CT molecular complexity index is 451. The van der Waals surface area contributed by atoms with Gasteiger partial charge in [-0.1, -0.05) is 12.8 Å². The zero-order valence-corrected chi connectivity index (χ0v) is 9.83. The number of hydrogen-bond donors (Lipinski definition) is 2. The van der Waals surface area contributed by atoms with E-state index in [9.17, 15) is 9.59 Å². The smallest absolute Gasteiger partial charge is 0.357 e. The molecule has 7 heteroatoms. The van der Waals surface area contributed by atoms with Crippen LogP contribution in [-0.4, -0.2) is 34.6 Å². The van der Waals surface area contributed by atoms with E-state index < -0.39 is 11.9 Å². The predicted octanol–water partition coefficient (Wildman–Crippen LogP) is 0.607. The highest BCUT2D eigenvalue weighted by atomic mass is 16.4. The lowest BCUT2D eigenvalue weighted by Crippen LogP contribution is -2.40. The van der Waals surface area contributed by atoms with Gasteiger partial charge in [-0.3, -0.25) is 4.79 Å². The van der Waals surface area contributed by atoms with Crippen molar-refractivity contribution in [1.29, 1.82) is 0 Å². The van der Waals surface area contributed by atoms with Gasteiger partial charge in [0.1, 0.15) is 12.8 Å². The average Bonchev–Trinajstić information content (AvgIpc) is 2.97. The molecule has 1 aliphatic rings. The molecule has 1 heterocycles. The first kappa shape index (κ1) is 12.4. The molecule has 0 unspecified atom stereocenters. The summed E-state index contributed by atoms with van der Waals surface area (Å²) in [7, 11) is 0. The van der Waals surface area contributed by atoms with E-state index >= 15 is 0 Å². The summed E-state index contributed by atoms with van der Waals surface area (Å²) >= 11 is 0.